The molecule has 4 aromatic rings. The number of nitriles is 1. The third kappa shape index (κ3) is 5.88. The second-order valence-electron chi connectivity index (χ2n) is 8.95. The number of ether oxygens (including phenoxy) is 1. The van der Waals surface area contributed by atoms with E-state index in [4.69, 9.17) is 10.00 Å². The van der Waals surface area contributed by atoms with Crippen LogP contribution in [0, 0.1) is 28.8 Å². The van der Waals surface area contributed by atoms with Gasteiger partial charge in [0, 0.05) is 17.5 Å². The molecular weight excluding hydrogens is 459 g/mol. The van der Waals surface area contributed by atoms with Crippen LogP contribution in [0.3, 0.4) is 0 Å². The van der Waals surface area contributed by atoms with Crippen LogP contribution >= 0.6 is 0 Å². The molecule has 0 saturated heterocycles. The Morgan fingerprint density at radius 3 is 2.25 bits per heavy atom. The summed E-state index contributed by atoms with van der Waals surface area (Å²) in [5, 5.41) is 9.89. The maximum absolute atomic E-state index is 15.2. The van der Waals surface area contributed by atoms with E-state index < -0.39 is 11.6 Å². The van der Waals surface area contributed by atoms with Gasteiger partial charge in [-0.3, -0.25) is 0 Å². The summed E-state index contributed by atoms with van der Waals surface area (Å²) >= 11 is 0. The first-order chi connectivity index (χ1) is 17.5. The summed E-state index contributed by atoms with van der Waals surface area (Å²) in [4.78, 5) is 0. The minimum atomic E-state index is -0.711. The van der Waals surface area contributed by atoms with Crippen molar-refractivity contribution in [2.75, 3.05) is 6.61 Å². The number of hydrogen-bond donors (Lipinski definition) is 0. The van der Waals surface area contributed by atoms with Crippen LogP contribution in [-0.2, 0) is 12.8 Å². The van der Waals surface area contributed by atoms with Crippen molar-refractivity contribution in [2.45, 2.75) is 45.4 Å². The molecule has 0 heterocycles. The van der Waals surface area contributed by atoms with E-state index in [2.05, 4.69) is 13.0 Å². The van der Waals surface area contributed by atoms with E-state index in [1.807, 2.05) is 12.1 Å². The predicted molar refractivity (Wildman–Crippen MR) is 137 cm³/mol. The van der Waals surface area contributed by atoms with Crippen molar-refractivity contribution in [3.8, 4) is 22.9 Å². The number of rotatable bonds is 10. The van der Waals surface area contributed by atoms with E-state index in [0.29, 0.717) is 46.9 Å². The highest BCUT2D eigenvalue weighted by Gasteiger charge is 2.16. The third-order valence-electron chi connectivity index (χ3n) is 6.37. The van der Waals surface area contributed by atoms with Crippen LogP contribution in [0.2, 0.25) is 0 Å². The van der Waals surface area contributed by atoms with Gasteiger partial charge >= 0.3 is 0 Å². The molecule has 4 aromatic carbocycles. The van der Waals surface area contributed by atoms with Gasteiger partial charge in [0.25, 0.3) is 0 Å². The largest absolute Gasteiger partial charge is 0.493 e. The number of hydrogen-bond acceptors (Lipinski definition) is 2. The van der Waals surface area contributed by atoms with Gasteiger partial charge in [-0.1, -0.05) is 62.6 Å². The summed E-state index contributed by atoms with van der Waals surface area (Å²) in [7, 11) is 0. The van der Waals surface area contributed by atoms with E-state index in [0.717, 1.165) is 31.2 Å². The van der Waals surface area contributed by atoms with Crippen molar-refractivity contribution < 1.29 is 17.9 Å². The van der Waals surface area contributed by atoms with Crippen LogP contribution < -0.4 is 4.74 Å². The lowest BCUT2D eigenvalue weighted by atomic mass is 9.96. The van der Waals surface area contributed by atoms with Gasteiger partial charge in [0.15, 0.2) is 0 Å². The van der Waals surface area contributed by atoms with E-state index in [-0.39, 0.29) is 17.1 Å². The molecule has 0 aliphatic rings. The van der Waals surface area contributed by atoms with E-state index >= 15 is 4.39 Å². The highest BCUT2D eigenvalue weighted by atomic mass is 19.1. The number of benzene rings is 4. The maximum Gasteiger partial charge on any atom is 0.137 e. The molecule has 0 amide bonds. The molecule has 2 nitrogen and oxygen atoms in total. The van der Waals surface area contributed by atoms with Crippen molar-refractivity contribution in [3.63, 3.8) is 0 Å². The summed E-state index contributed by atoms with van der Waals surface area (Å²) in [5.74, 6) is -1.58. The Hall–Kier alpha value is -3.78. The number of halogens is 3. The molecule has 0 N–H and O–H groups in total. The van der Waals surface area contributed by atoms with E-state index in [1.165, 1.54) is 12.1 Å². The number of aryl methyl sites for hydroxylation is 2. The molecule has 0 aliphatic heterocycles. The Morgan fingerprint density at radius 1 is 0.806 bits per heavy atom. The van der Waals surface area contributed by atoms with Gasteiger partial charge in [0.1, 0.15) is 23.2 Å². The Morgan fingerprint density at radius 2 is 1.56 bits per heavy atom. The third-order valence-corrected chi connectivity index (χ3v) is 6.37. The fourth-order valence-electron chi connectivity index (χ4n) is 4.34. The summed E-state index contributed by atoms with van der Waals surface area (Å²) in [6.45, 7) is 2.53. The van der Waals surface area contributed by atoms with E-state index in [9.17, 15) is 8.78 Å². The summed E-state index contributed by atoms with van der Waals surface area (Å²) in [6, 6.07) is 19.9. The average molecular weight is 488 g/mol. The lowest BCUT2D eigenvalue weighted by Gasteiger charge is -2.12. The van der Waals surface area contributed by atoms with Crippen LogP contribution in [0.4, 0.5) is 13.2 Å². The molecule has 0 saturated carbocycles. The normalized spacial score (nSPS) is 11.0. The van der Waals surface area contributed by atoms with Crippen LogP contribution in [0.15, 0.2) is 66.7 Å². The smallest absolute Gasteiger partial charge is 0.137 e. The number of unbranched alkanes of at least 4 members (excludes halogenated alkanes) is 3. The second-order valence-corrected chi connectivity index (χ2v) is 8.95. The zero-order valence-corrected chi connectivity index (χ0v) is 20.3. The first-order valence-corrected chi connectivity index (χ1v) is 12.3. The quantitative estimate of drug-likeness (QED) is 0.210. The molecular formula is C31H28F3NO. The molecule has 0 atom stereocenters. The van der Waals surface area contributed by atoms with Gasteiger partial charge in [0.2, 0.25) is 0 Å². The lowest BCUT2D eigenvalue weighted by Crippen LogP contribution is -2.00. The number of fused-ring (bicyclic) bond motifs is 1. The topological polar surface area (TPSA) is 33.0 Å². The second kappa shape index (κ2) is 11.8. The summed E-state index contributed by atoms with van der Waals surface area (Å²) in [5.41, 5.74) is 2.36. The monoisotopic (exact) mass is 487 g/mol. The van der Waals surface area contributed by atoms with Crippen molar-refractivity contribution in [1.29, 1.82) is 5.26 Å². The van der Waals surface area contributed by atoms with Gasteiger partial charge in [-0.15, -0.1) is 0 Å². The molecule has 36 heavy (non-hydrogen) atoms. The number of nitrogens with zero attached hydrogens (tertiary/aromatic N) is 1. The van der Waals surface area contributed by atoms with Gasteiger partial charge in [-0.25, -0.2) is 13.2 Å². The first-order valence-electron chi connectivity index (χ1n) is 12.3. The van der Waals surface area contributed by atoms with Crippen molar-refractivity contribution >= 4 is 10.8 Å². The van der Waals surface area contributed by atoms with Crippen molar-refractivity contribution in [2.24, 2.45) is 0 Å². The van der Waals surface area contributed by atoms with Crippen LogP contribution in [0.1, 0.15) is 49.3 Å². The zero-order valence-electron chi connectivity index (χ0n) is 20.3. The Balaban J connectivity index is 1.51. The first kappa shape index (κ1) is 25.3. The highest BCUT2D eigenvalue weighted by Crippen LogP contribution is 2.33. The molecule has 0 fully saturated rings. The summed E-state index contributed by atoms with van der Waals surface area (Å²) < 4.78 is 50.5. The Kier molecular flexibility index (Phi) is 8.28. The van der Waals surface area contributed by atoms with Gasteiger partial charge in [-0.2, -0.15) is 5.26 Å². The summed E-state index contributed by atoms with van der Waals surface area (Å²) in [6.07, 6.45) is 5.20. The van der Waals surface area contributed by atoms with Gasteiger partial charge in [-0.05, 0) is 59.5 Å². The van der Waals surface area contributed by atoms with Crippen molar-refractivity contribution in [1.82, 2.24) is 0 Å². The van der Waals surface area contributed by atoms with Crippen LogP contribution in [-0.4, -0.2) is 6.61 Å². The minimum Gasteiger partial charge on any atom is -0.493 e. The van der Waals surface area contributed by atoms with Gasteiger partial charge in [0.05, 0.1) is 23.8 Å². The van der Waals surface area contributed by atoms with Crippen LogP contribution in [0.25, 0.3) is 21.9 Å². The SMILES string of the molecule is CCCCCCOc1cc(F)c(-c2ccc3c(F)c(CCc4ccc(C#N)cc4)ccc3c2)c(F)c1. The molecule has 0 bridgehead atoms. The highest BCUT2D eigenvalue weighted by molar-refractivity contribution is 5.88. The fraction of sp³-hybridized carbons (Fsp3) is 0.258. The molecule has 5 heteroatoms. The molecule has 184 valence electrons. The molecule has 0 aromatic heterocycles. The van der Waals surface area contributed by atoms with Gasteiger partial charge < -0.3 is 4.74 Å². The fourth-order valence-corrected chi connectivity index (χ4v) is 4.34. The maximum atomic E-state index is 15.2. The lowest BCUT2D eigenvalue weighted by molar-refractivity contribution is 0.302. The minimum absolute atomic E-state index is 0.152. The van der Waals surface area contributed by atoms with Crippen molar-refractivity contribution in [3.05, 3.63) is 101 Å². The van der Waals surface area contributed by atoms with Crippen LogP contribution in [0.5, 0.6) is 5.75 Å². The zero-order chi connectivity index (χ0) is 25.5. The standard InChI is InChI=1S/C31H28F3NO/c1-2-3-4-5-16-36-26-18-28(32)30(29(33)19-26)25-14-15-27-24(17-25)13-12-23(31(27)34)11-10-21-6-8-22(20-35)9-7-21/h6-9,12-15,17-19H,2-5,10-11,16H2,1H3. The van der Waals surface area contributed by atoms with E-state index in [1.54, 1.807) is 42.5 Å². The molecule has 0 unspecified atom stereocenters. The molecule has 0 radical (unpaired) electrons. The Bertz CT molecular complexity index is 1370. The Labute approximate surface area is 210 Å². The average Bonchev–Trinajstić information content (AvgIpc) is 2.88. The molecule has 0 aliphatic carbocycles. The predicted octanol–water partition coefficient (Wildman–Crippen LogP) is 8.54. The molecule has 4 rings (SSSR count). The molecule has 0 spiro atoms.